The summed E-state index contributed by atoms with van der Waals surface area (Å²) in [5.74, 6) is 0.154. The van der Waals surface area contributed by atoms with Gasteiger partial charge in [-0.15, -0.1) is 0 Å². The molecule has 3 unspecified atom stereocenters. The second-order valence-electron chi connectivity index (χ2n) is 6.77. The van der Waals surface area contributed by atoms with Crippen molar-refractivity contribution < 1.29 is 15.3 Å². The summed E-state index contributed by atoms with van der Waals surface area (Å²) in [7, 11) is 0. The Bertz CT molecular complexity index is 399. The molecular formula is C20H35NO3. The SMILES string of the molecule is NC(CC(CO)C(CO)CCCCCCCCO)c1ccccc1. The largest absolute Gasteiger partial charge is 0.396 e. The Hall–Kier alpha value is -0.940. The second kappa shape index (κ2) is 13.4. The molecule has 0 amide bonds. The number of benzene rings is 1. The predicted molar refractivity (Wildman–Crippen MR) is 98.5 cm³/mol. The standard InChI is InChI=1S/C20H35NO3/c21-20(17-10-7-5-8-11-17)14-19(16-24)18(15-23)12-6-3-1-2-4-9-13-22/h5,7-8,10-11,18-20,22-24H,1-4,6,9,12-16,21H2. The van der Waals surface area contributed by atoms with Crippen LogP contribution in [0.15, 0.2) is 30.3 Å². The highest BCUT2D eigenvalue weighted by Crippen LogP contribution is 2.27. The van der Waals surface area contributed by atoms with Gasteiger partial charge in [0.2, 0.25) is 0 Å². The van der Waals surface area contributed by atoms with Crippen LogP contribution in [0.2, 0.25) is 0 Å². The first-order valence-electron chi connectivity index (χ1n) is 9.36. The van der Waals surface area contributed by atoms with E-state index in [1.165, 1.54) is 6.42 Å². The minimum Gasteiger partial charge on any atom is -0.396 e. The molecule has 1 rings (SSSR count). The van der Waals surface area contributed by atoms with E-state index in [2.05, 4.69) is 0 Å². The van der Waals surface area contributed by atoms with E-state index < -0.39 is 0 Å². The number of nitrogens with two attached hydrogens (primary N) is 1. The summed E-state index contributed by atoms with van der Waals surface area (Å²) in [6.45, 7) is 0.464. The molecule has 0 saturated heterocycles. The topological polar surface area (TPSA) is 86.7 Å². The van der Waals surface area contributed by atoms with Crippen molar-refractivity contribution in [2.75, 3.05) is 19.8 Å². The third-order valence-electron chi connectivity index (χ3n) is 4.90. The van der Waals surface area contributed by atoms with Crippen molar-refractivity contribution in [2.45, 2.75) is 57.4 Å². The number of rotatable bonds is 14. The molecule has 0 bridgehead atoms. The lowest BCUT2D eigenvalue weighted by molar-refractivity contribution is 0.102. The minimum atomic E-state index is -0.101. The van der Waals surface area contributed by atoms with Crippen LogP contribution in [0.25, 0.3) is 0 Å². The lowest BCUT2D eigenvalue weighted by Crippen LogP contribution is -2.26. The zero-order valence-electron chi connectivity index (χ0n) is 14.8. The number of unbranched alkanes of at least 4 members (excludes halogenated alkanes) is 5. The van der Waals surface area contributed by atoms with Crippen molar-refractivity contribution in [2.24, 2.45) is 17.6 Å². The first kappa shape index (κ1) is 21.1. The Morgan fingerprint density at radius 2 is 1.33 bits per heavy atom. The molecule has 24 heavy (non-hydrogen) atoms. The normalized spacial score (nSPS) is 15.2. The van der Waals surface area contributed by atoms with Gasteiger partial charge in [-0.3, -0.25) is 0 Å². The van der Waals surface area contributed by atoms with E-state index in [9.17, 15) is 10.2 Å². The van der Waals surface area contributed by atoms with E-state index in [1.54, 1.807) is 0 Å². The van der Waals surface area contributed by atoms with Gasteiger partial charge in [-0.1, -0.05) is 62.4 Å². The molecule has 1 aromatic carbocycles. The molecule has 0 aromatic heterocycles. The van der Waals surface area contributed by atoms with Crippen LogP contribution in [-0.2, 0) is 0 Å². The van der Waals surface area contributed by atoms with Gasteiger partial charge in [-0.2, -0.15) is 0 Å². The third-order valence-corrected chi connectivity index (χ3v) is 4.90. The summed E-state index contributed by atoms with van der Waals surface area (Å²) < 4.78 is 0. The van der Waals surface area contributed by atoms with Crippen LogP contribution in [0.1, 0.15) is 63.0 Å². The summed E-state index contributed by atoms with van der Waals surface area (Å²) in [6.07, 6.45) is 8.16. The highest BCUT2D eigenvalue weighted by molar-refractivity contribution is 5.18. The summed E-state index contributed by atoms with van der Waals surface area (Å²) >= 11 is 0. The Kier molecular flexibility index (Phi) is 11.7. The van der Waals surface area contributed by atoms with Crippen LogP contribution in [0.4, 0.5) is 0 Å². The molecule has 0 radical (unpaired) electrons. The number of hydrogen-bond acceptors (Lipinski definition) is 4. The molecule has 0 heterocycles. The fraction of sp³-hybridized carbons (Fsp3) is 0.700. The smallest absolute Gasteiger partial charge is 0.0463 e. The predicted octanol–water partition coefficient (Wildman–Crippen LogP) is 3.02. The quantitative estimate of drug-likeness (QED) is 0.393. The van der Waals surface area contributed by atoms with Crippen molar-refractivity contribution in [1.29, 1.82) is 0 Å². The highest BCUT2D eigenvalue weighted by atomic mass is 16.3. The fourth-order valence-electron chi connectivity index (χ4n) is 3.28. The molecule has 0 aliphatic rings. The maximum atomic E-state index is 9.73. The van der Waals surface area contributed by atoms with Gasteiger partial charge < -0.3 is 21.1 Å². The van der Waals surface area contributed by atoms with Crippen LogP contribution < -0.4 is 5.73 Å². The van der Waals surface area contributed by atoms with E-state index in [0.717, 1.165) is 44.1 Å². The Labute approximate surface area is 146 Å². The summed E-state index contributed by atoms with van der Waals surface area (Å²) in [4.78, 5) is 0. The van der Waals surface area contributed by atoms with Gasteiger partial charge in [0.15, 0.2) is 0 Å². The van der Waals surface area contributed by atoms with E-state index >= 15 is 0 Å². The zero-order valence-corrected chi connectivity index (χ0v) is 14.8. The lowest BCUT2D eigenvalue weighted by Gasteiger charge is -2.26. The van der Waals surface area contributed by atoms with Crippen LogP contribution >= 0.6 is 0 Å². The van der Waals surface area contributed by atoms with Gasteiger partial charge in [0.25, 0.3) is 0 Å². The van der Waals surface area contributed by atoms with Crippen molar-refractivity contribution in [1.82, 2.24) is 0 Å². The first-order valence-corrected chi connectivity index (χ1v) is 9.36. The number of aliphatic hydroxyl groups excluding tert-OH is 3. The van der Waals surface area contributed by atoms with E-state index in [0.29, 0.717) is 6.42 Å². The monoisotopic (exact) mass is 337 g/mol. The Morgan fingerprint density at radius 3 is 1.92 bits per heavy atom. The molecule has 0 fully saturated rings. The van der Waals surface area contributed by atoms with Crippen LogP contribution in [0, 0.1) is 11.8 Å². The molecule has 0 aliphatic heterocycles. The molecule has 0 aliphatic carbocycles. The summed E-state index contributed by atoms with van der Waals surface area (Å²) in [5.41, 5.74) is 7.35. The molecule has 0 spiro atoms. The first-order chi connectivity index (χ1) is 11.7. The van der Waals surface area contributed by atoms with Crippen molar-refractivity contribution in [3.05, 3.63) is 35.9 Å². The third kappa shape index (κ3) is 8.25. The van der Waals surface area contributed by atoms with Crippen LogP contribution in [0.5, 0.6) is 0 Å². The van der Waals surface area contributed by atoms with Crippen molar-refractivity contribution in [3.8, 4) is 0 Å². The van der Waals surface area contributed by atoms with Crippen LogP contribution in [0.3, 0.4) is 0 Å². The molecular weight excluding hydrogens is 302 g/mol. The average Bonchev–Trinajstić information content (AvgIpc) is 2.63. The van der Waals surface area contributed by atoms with Gasteiger partial charge in [0.05, 0.1) is 0 Å². The zero-order chi connectivity index (χ0) is 17.6. The lowest BCUT2D eigenvalue weighted by atomic mass is 9.83. The van der Waals surface area contributed by atoms with E-state index in [1.807, 2.05) is 30.3 Å². The number of hydrogen-bond donors (Lipinski definition) is 4. The van der Waals surface area contributed by atoms with Gasteiger partial charge in [-0.05, 0) is 36.7 Å². The molecule has 5 N–H and O–H groups in total. The van der Waals surface area contributed by atoms with Crippen LogP contribution in [-0.4, -0.2) is 35.1 Å². The molecule has 3 atom stereocenters. The molecule has 4 heteroatoms. The molecule has 0 saturated carbocycles. The van der Waals surface area contributed by atoms with Gasteiger partial charge in [0, 0.05) is 25.9 Å². The van der Waals surface area contributed by atoms with Crippen molar-refractivity contribution in [3.63, 3.8) is 0 Å². The van der Waals surface area contributed by atoms with E-state index in [4.69, 9.17) is 10.8 Å². The molecule has 1 aromatic rings. The van der Waals surface area contributed by atoms with Gasteiger partial charge in [-0.25, -0.2) is 0 Å². The Balaban J connectivity index is 2.34. The maximum absolute atomic E-state index is 9.73. The second-order valence-corrected chi connectivity index (χ2v) is 6.77. The van der Waals surface area contributed by atoms with E-state index in [-0.39, 0.29) is 37.7 Å². The van der Waals surface area contributed by atoms with Gasteiger partial charge in [0.1, 0.15) is 0 Å². The minimum absolute atomic E-state index is 0.0413. The van der Waals surface area contributed by atoms with Crippen molar-refractivity contribution >= 4 is 0 Å². The molecule has 138 valence electrons. The fourth-order valence-corrected chi connectivity index (χ4v) is 3.28. The summed E-state index contributed by atoms with van der Waals surface area (Å²) in [5, 5.41) is 28.2. The summed E-state index contributed by atoms with van der Waals surface area (Å²) in [6, 6.07) is 9.85. The van der Waals surface area contributed by atoms with Gasteiger partial charge >= 0.3 is 0 Å². The Morgan fingerprint density at radius 1 is 0.750 bits per heavy atom. The average molecular weight is 338 g/mol. The maximum Gasteiger partial charge on any atom is 0.0463 e. The number of aliphatic hydroxyl groups is 3. The molecule has 4 nitrogen and oxygen atoms in total. The highest BCUT2D eigenvalue weighted by Gasteiger charge is 2.23.